The van der Waals surface area contributed by atoms with Gasteiger partial charge in [0.25, 0.3) is 0 Å². The molecule has 2 aromatic heterocycles. The molecule has 0 unspecified atom stereocenters. The standard InChI is InChI=1S/C17H17N2OSSi/c1-18-11-9-17(22,15-8-4-12-21-15)20-14-7-2-5-13-6-3-10-19-16(13)14/h2-8,10,12,18H,9,11H2,1H3/t17-/m0/s1. The zero-order valence-electron chi connectivity index (χ0n) is 12.4. The molecule has 2 heterocycles. The van der Waals surface area contributed by atoms with Crippen LogP contribution in [-0.2, 0) is 5.22 Å². The predicted octanol–water partition coefficient (Wildman–Crippen LogP) is 3.31. The van der Waals surface area contributed by atoms with Crippen LogP contribution in [0.3, 0.4) is 0 Å². The Morgan fingerprint density at radius 1 is 1.23 bits per heavy atom. The third-order valence-corrected chi connectivity index (χ3v) is 5.34. The highest BCUT2D eigenvalue weighted by atomic mass is 32.1. The molecular weight excluding hydrogens is 308 g/mol. The number of ether oxygens (including phenoxy) is 1. The third kappa shape index (κ3) is 3.06. The number of nitrogens with one attached hydrogen (secondary N) is 1. The molecule has 0 fully saturated rings. The van der Waals surface area contributed by atoms with Gasteiger partial charge in [-0.3, -0.25) is 4.98 Å². The zero-order valence-corrected chi connectivity index (χ0v) is 14.2. The minimum absolute atomic E-state index is 0.553. The highest BCUT2D eigenvalue weighted by Gasteiger charge is 2.30. The molecule has 0 saturated heterocycles. The summed E-state index contributed by atoms with van der Waals surface area (Å²) in [5.41, 5.74) is 0.883. The monoisotopic (exact) mass is 325 g/mol. The molecule has 3 nitrogen and oxygen atoms in total. The van der Waals surface area contributed by atoms with E-state index in [-0.39, 0.29) is 0 Å². The fourth-order valence-corrected chi connectivity index (χ4v) is 3.67. The number of benzene rings is 1. The number of rotatable bonds is 6. The minimum Gasteiger partial charge on any atom is -0.484 e. The summed E-state index contributed by atoms with van der Waals surface area (Å²) in [6.07, 6.45) is 2.60. The van der Waals surface area contributed by atoms with E-state index in [1.165, 1.54) is 0 Å². The smallest absolute Gasteiger partial charge is 0.146 e. The fraction of sp³-hybridized carbons (Fsp3) is 0.235. The van der Waals surface area contributed by atoms with Gasteiger partial charge >= 0.3 is 0 Å². The first-order chi connectivity index (χ1) is 10.7. The number of fused-ring (bicyclic) bond motifs is 1. The molecule has 3 rings (SSSR count). The largest absolute Gasteiger partial charge is 0.484 e. The van der Waals surface area contributed by atoms with E-state index in [0.717, 1.165) is 34.5 Å². The summed E-state index contributed by atoms with van der Waals surface area (Å²) >= 11 is 1.68. The lowest BCUT2D eigenvalue weighted by atomic mass is 10.1. The summed E-state index contributed by atoms with van der Waals surface area (Å²) in [7, 11) is 5.82. The Labute approximate surface area is 137 Å². The van der Waals surface area contributed by atoms with Crippen molar-refractivity contribution < 1.29 is 4.74 Å². The molecule has 0 aliphatic carbocycles. The van der Waals surface area contributed by atoms with E-state index in [1.54, 1.807) is 17.5 Å². The van der Waals surface area contributed by atoms with Crippen molar-refractivity contribution in [1.82, 2.24) is 10.3 Å². The maximum Gasteiger partial charge on any atom is 0.146 e. The van der Waals surface area contributed by atoms with Gasteiger partial charge in [-0.15, -0.1) is 11.3 Å². The van der Waals surface area contributed by atoms with Crippen molar-refractivity contribution in [3.63, 3.8) is 0 Å². The molecule has 3 aromatic rings. The Morgan fingerprint density at radius 2 is 2.09 bits per heavy atom. The molecule has 22 heavy (non-hydrogen) atoms. The van der Waals surface area contributed by atoms with Gasteiger partial charge < -0.3 is 10.1 Å². The summed E-state index contributed by atoms with van der Waals surface area (Å²) in [6.45, 7) is 0.847. The van der Waals surface area contributed by atoms with Gasteiger partial charge in [0.1, 0.15) is 16.5 Å². The lowest BCUT2D eigenvalue weighted by molar-refractivity contribution is 0.152. The first-order valence-electron chi connectivity index (χ1n) is 7.19. The first-order valence-corrected chi connectivity index (χ1v) is 8.57. The second-order valence-electron chi connectivity index (χ2n) is 5.09. The van der Waals surface area contributed by atoms with Crippen molar-refractivity contribution in [1.29, 1.82) is 0 Å². The topological polar surface area (TPSA) is 34.1 Å². The molecule has 0 aliphatic heterocycles. The Morgan fingerprint density at radius 3 is 2.86 bits per heavy atom. The van der Waals surface area contributed by atoms with Crippen molar-refractivity contribution in [2.24, 2.45) is 0 Å². The molecular formula is C17H17N2OSSi. The highest BCUT2D eigenvalue weighted by molar-refractivity contribution is 7.10. The van der Waals surface area contributed by atoms with Crippen LogP contribution in [0.1, 0.15) is 11.3 Å². The highest BCUT2D eigenvalue weighted by Crippen LogP contribution is 2.34. The number of aromatic nitrogens is 1. The van der Waals surface area contributed by atoms with Crippen LogP contribution >= 0.6 is 11.3 Å². The molecule has 0 saturated carbocycles. The summed E-state index contributed by atoms with van der Waals surface area (Å²) in [6, 6.07) is 14.1. The van der Waals surface area contributed by atoms with Gasteiger partial charge in [-0.2, -0.15) is 0 Å². The average molecular weight is 325 g/mol. The molecule has 0 spiro atoms. The molecule has 3 radical (unpaired) electrons. The van der Waals surface area contributed by atoms with Crippen molar-refractivity contribution in [2.75, 3.05) is 13.6 Å². The zero-order chi connectivity index (χ0) is 15.4. The predicted molar refractivity (Wildman–Crippen MR) is 92.7 cm³/mol. The van der Waals surface area contributed by atoms with Crippen molar-refractivity contribution in [3.8, 4) is 5.75 Å². The van der Waals surface area contributed by atoms with Gasteiger partial charge in [0, 0.05) is 22.9 Å². The Balaban J connectivity index is 1.99. The molecule has 1 N–H and O–H groups in total. The van der Waals surface area contributed by atoms with E-state index in [4.69, 9.17) is 4.74 Å². The Kier molecular flexibility index (Phi) is 4.56. The van der Waals surface area contributed by atoms with Crippen LogP contribution in [0.2, 0.25) is 0 Å². The van der Waals surface area contributed by atoms with Crippen LogP contribution in [0.4, 0.5) is 0 Å². The Hall–Kier alpha value is -1.69. The molecule has 1 atom stereocenters. The van der Waals surface area contributed by atoms with Gasteiger partial charge in [0.05, 0.1) is 10.2 Å². The van der Waals surface area contributed by atoms with E-state index < -0.39 is 5.22 Å². The maximum atomic E-state index is 6.38. The summed E-state index contributed by atoms with van der Waals surface area (Å²) in [5.74, 6) is 0.789. The van der Waals surface area contributed by atoms with Crippen LogP contribution in [0.15, 0.2) is 54.0 Å². The van der Waals surface area contributed by atoms with Crippen LogP contribution in [-0.4, -0.2) is 28.8 Å². The fourth-order valence-electron chi connectivity index (χ4n) is 2.38. The Bertz CT molecular complexity index is 742. The lowest BCUT2D eigenvalue weighted by Gasteiger charge is -2.30. The molecule has 0 aliphatic rings. The van der Waals surface area contributed by atoms with E-state index >= 15 is 0 Å². The summed E-state index contributed by atoms with van der Waals surface area (Å²) in [5, 5.41) is 5.77. The van der Waals surface area contributed by atoms with E-state index in [1.807, 2.05) is 43.4 Å². The van der Waals surface area contributed by atoms with E-state index in [0.29, 0.717) is 0 Å². The molecule has 0 bridgehead atoms. The quantitative estimate of drug-likeness (QED) is 0.706. The van der Waals surface area contributed by atoms with Gasteiger partial charge in [0.2, 0.25) is 0 Å². The van der Waals surface area contributed by atoms with Crippen LogP contribution in [0, 0.1) is 0 Å². The van der Waals surface area contributed by atoms with E-state index in [2.05, 4.69) is 32.0 Å². The van der Waals surface area contributed by atoms with Crippen LogP contribution < -0.4 is 10.1 Å². The number of hydrogen-bond donors (Lipinski definition) is 1. The summed E-state index contributed by atoms with van der Waals surface area (Å²) in [4.78, 5) is 5.61. The lowest BCUT2D eigenvalue weighted by Crippen LogP contribution is -2.36. The second-order valence-corrected chi connectivity index (χ2v) is 6.85. The SMILES string of the molecule is CNCC[C@@]([Si])(Oc1cccc2cccnc12)c1cccs1. The number of nitrogens with zero attached hydrogens (tertiary/aromatic N) is 1. The number of hydrogen-bond acceptors (Lipinski definition) is 4. The van der Waals surface area contributed by atoms with E-state index in [9.17, 15) is 0 Å². The number of para-hydroxylation sites is 1. The van der Waals surface area contributed by atoms with Crippen LogP contribution in [0.25, 0.3) is 10.9 Å². The van der Waals surface area contributed by atoms with Gasteiger partial charge in [0.15, 0.2) is 0 Å². The third-order valence-electron chi connectivity index (χ3n) is 3.53. The second kappa shape index (κ2) is 6.60. The first kappa shape index (κ1) is 15.2. The maximum absolute atomic E-state index is 6.38. The molecule has 0 amide bonds. The normalized spacial score (nSPS) is 13.9. The van der Waals surface area contributed by atoms with Gasteiger partial charge in [-0.25, -0.2) is 0 Å². The number of pyridine rings is 1. The van der Waals surface area contributed by atoms with Crippen LogP contribution in [0.5, 0.6) is 5.75 Å². The molecule has 111 valence electrons. The summed E-state index contributed by atoms with van der Waals surface area (Å²) < 4.78 is 6.38. The van der Waals surface area contributed by atoms with Crippen molar-refractivity contribution >= 4 is 32.5 Å². The average Bonchev–Trinajstić information content (AvgIpc) is 3.09. The van der Waals surface area contributed by atoms with Crippen molar-refractivity contribution in [2.45, 2.75) is 11.6 Å². The van der Waals surface area contributed by atoms with Gasteiger partial charge in [-0.05, 0) is 37.2 Å². The van der Waals surface area contributed by atoms with Crippen molar-refractivity contribution in [3.05, 3.63) is 58.9 Å². The number of thiophene rings is 1. The minimum atomic E-state index is -0.553. The molecule has 5 heteroatoms. The molecule has 1 aromatic carbocycles. The van der Waals surface area contributed by atoms with Gasteiger partial charge in [-0.1, -0.05) is 24.3 Å².